The van der Waals surface area contributed by atoms with Gasteiger partial charge in [0.2, 0.25) is 0 Å². The molecule has 15 heavy (non-hydrogen) atoms. The molecule has 3 heteroatoms. The predicted octanol–water partition coefficient (Wildman–Crippen LogP) is 2.94. The van der Waals surface area contributed by atoms with Crippen LogP contribution in [0.2, 0.25) is 5.02 Å². The van der Waals surface area contributed by atoms with Crippen molar-refractivity contribution in [1.82, 2.24) is 4.98 Å². The minimum Gasteiger partial charge on any atom is -0.358 e. The van der Waals surface area contributed by atoms with Gasteiger partial charge in [-0.15, -0.1) is 0 Å². The summed E-state index contributed by atoms with van der Waals surface area (Å²) in [4.78, 5) is 3.39. The summed E-state index contributed by atoms with van der Waals surface area (Å²) in [6.07, 6.45) is 0.894. The summed E-state index contributed by atoms with van der Waals surface area (Å²) in [6, 6.07) is 3.99. The Labute approximate surface area is 94.4 Å². The van der Waals surface area contributed by atoms with E-state index in [9.17, 15) is 0 Å². The molecule has 0 spiro atoms. The first-order valence-electron chi connectivity index (χ1n) is 5.11. The van der Waals surface area contributed by atoms with Crippen molar-refractivity contribution in [3.8, 4) is 0 Å². The van der Waals surface area contributed by atoms with E-state index in [4.69, 9.17) is 17.3 Å². The molecule has 0 aliphatic heterocycles. The smallest absolute Gasteiger partial charge is 0.0489 e. The zero-order valence-corrected chi connectivity index (χ0v) is 9.78. The number of hydrogen-bond acceptors (Lipinski definition) is 1. The van der Waals surface area contributed by atoms with Crippen LogP contribution in [0.25, 0.3) is 10.9 Å². The van der Waals surface area contributed by atoms with Gasteiger partial charge >= 0.3 is 0 Å². The summed E-state index contributed by atoms with van der Waals surface area (Å²) < 4.78 is 0. The van der Waals surface area contributed by atoms with Gasteiger partial charge in [-0.2, -0.15) is 0 Å². The van der Waals surface area contributed by atoms with Crippen LogP contribution in [0, 0.1) is 13.8 Å². The Morgan fingerprint density at radius 3 is 2.73 bits per heavy atom. The molecule has 0 atom stereocenters. The molecule has 0 radical (unpaired) electrons. The summed E-state index contributed by atoms with van der Waals surface area (Å²) in [5.74, 6) is 0. The van der Waals surface area contributed by atoms with Crippen LogP contribution in [0.1, 0.15) is 16.8 Å². The highest BCUT2D eigenvalue weighted by molar-refractivity contribution is 6.31. The number of benzene rings is 1. The number of hydrogen-bond donors (Lipinski definition) is 2. The Morgan fingerprint density at radius 2 is 2.07 bits per heavy atom. The maximum Gasteiger partial charge on any atom is 0.0489 e. The number of aromatic nitrogens is 1. The van der Waals surface area contributed by atoms with E-state index >= 15 is 0 Å². The van der Waals surface area contributed by atoms with Crippen molar-refractivity contribution >= 4 is 22.5 Å². The van der Waals surface area contributed by atoms with Gasteiger partial charge in [0.1, 0.15) is 0 Å². The SMILES string of the molecule is Cc1[nH]c2c(C)cc(Cl)cc2c1CCN. The summed E-state index contributed by atoms with van der Waals surface area (Å²) in [6.45, 7) is 4.81. The minimum absolute atomic E-state index is 0.666. The standard InChI is InChI=1S/C12H15ClN2/c1-7-5-9(13)6-11-10(3-4-14)8(2)15-12(7)11/h5-6,15H,3-4,14H2,1-2H3. The molecule has 2 nitrogen and oxygen atoms in total. The second-order valence-electron chi connectivity index (χ2n) is 3.91. The third kappa shape index (κ3) is 1.75. The van der Waals surface area contributed by atoms with E-state index in [1.54, 1.807) is 0 Å². The third-order valence-electron chi connectivity index (χ3n) is 2.78. The fourth-order valence-corrected chi connectivity index (χ4v) is 2.35. The lowest BCUT2D eigenvalue weighted by molar-refractivity contribution is 0.963. The number of aromatic amines is 1. The molecule has 0 amide bonds. The molecule has 3 N–H and O–H groups in total. The summed E-state index contributed by atoms with van der Waals surface area (Å²) >= 11 is 6.06. The molecule has 2 aromatic rings. The molecular weight excluding hydrogens is 208 g/mol. The van der Waals surface area contributed by atoms with Crippen LogP contribution in [0.4, 0.5) is 0 Å². The normalized spacial score (nSPS) is 11.2. The molecule has 0 fully saturated rings. The molecule has 80 valence electrons. The van der Waals surface area contributed by atoms with Gasteiger partial charge in [-0.25, -0.2) is 0 Å². The largest absolute Gasteiger partial charge is 0.358 e. The summed E-state index contributed by atoms with van der Waals surface area (Å²) in [7, 11) is 0. The molecule has 0 unspecified atom stereocenters. The van der Waals surface area contributed by atoms with Gasteiger partial charge in [0, 0.05) is 21.6 Å². The van der Waals surface area contributed by atoms with E-state index in [1.807, 2.05) is 12.1 Å². The van der Waals surface area contributed by atoms with E-state index in [0.29, 0.717) is 6.54 Å². The fraction of sp³-hybridized carbons (Fsp3) is 0.333. The first kappa shape index (κ1) is 10.5. The lowest BCUT2D eigenvalue weighted by atomic mass is 10.1. The van der Waals surface area contributed by atoms with E-state index < -0.39 is 0 Å². The van der Waals surface area contributed by atoms with Gasteiger partial charge in [0.25, 0.3) is 0 Å². The van der Waals surface area contributed by atoms with Crippen LogP contribution in [0.5, 0.6) is 0 Å². The van der Waals surface area contributed by atoms with Crippen molar-refractivity contribution in [2.45, 2.75) is 20.3 Å². The third-order valence-corrected chi connectivity index (χ3v) is 3.00. The van der Waals surface area contributed by atoms with Crippen molar-refractivity contribution in [3.63, 3.8) is 0 Å². The number of aryl methyl sites for hydroxylation is 2. The number of halogens is 1. The average molecular weight is 223 g/mol. The first-order valence-corrected chi connectivity index (χ1v) is 5.48. The summed E-state index contributed by atoms with van der Waals surface area (Å²) in [5.41, 5.74) is 10.5. The van der Waals surface area contributed by atoms with Gasteiger partial charge in [-0.05, 0) is 50.1 Å². The molecule has 0 saturated carbocycles. The Hall–Kier alpha value is -0.990. The maximum atomic E-state index is 6.06. The highest BCUT2D eigenvalue weighted by Gasteiger charge is 2.10. The Kier molecular flexibility index (Phi) is 2.72. The Morgan fingerprint density at radius 1 is 1.33 bits per heavy atom. The monoisotopic (exact) mass is 222 g/mol. The predicted molar refractivity (Wildman–Crippen MR) is 65.5 cm³/mol. The Bertz CT molecular complexity index is 500. The van der Waals surface area contributed by atoms with Gasteiger partial charge in [-0.1, -0.05) is 11.6 Å². The summed E-state index contributed by atoms with van der Waals surface area (Å²) in [5, 5.41) is 2.00. The highest BCUT2D eigenvalue weighted by atomic mass is 35.5. The number of nitrogens with two attached hydrogens (primary N) is 1. The highest BCUT2D eigenvalue weighted by Crippen LogP contribution is 2.28. The van der Waals surface area contributed by atoms with E-state index in [0.717, 1.165) is 11.4 Å². The molecule has 2 rings (SSSR count). The van der Waals surface area contributed by atoms with Gasteiger partial charge in [-0.3, -0.25) is 0 Å². The lowest BCUT2D eigenvalue weighted by Gasteiger charge is -2.00. The average Bonchev–Trinajstić information content (AvgIpc) is 2.46. The molecule has 1 heterocycles. The van der Waals surface area contributed by atoms with Crippen molar-refractivity contribution in [2.24, 2.45) is 5.73 Å². The molecule has 0 aliphatic carbocycles. The molecule has 0 aliphatic rings. The quantitative estimate of drug-likeness (QED) is 0.806. The van der Waals surface area contributed by atoms with Crippen molar-refractivity contribution in [3.05, 3.63) is 34.0 Å². The van der Waals surface area contributed by atoms with Crippen molar-refractivity contribution < 1.29 is 0 Å². The lowest BCUT2D eigenvalue weighted by Crippen LogP contribution is -2.03. The molecular formula is C12H15ClN2. The minimum atomic E-state index is 0.666. The van der Waals surface area contributed by atoms with Crippen LogP contribution in [0.15, 0.2) is 12.1 Å². The topological polar surface area (TPSA) is 41.8 Å². The van der Waals surface area contributed by atoms with Crippen molar-refractivity contribution in [2.75, 3.05) is 6.54 Å². The van der Waals surface area contributed by atoms with Crippen LogP contribution >= 0.6 is 11.6 Å². The maximum absolute atomic E-state index is 6.06. The van der Waals surface area contributed by atoms with Crippen LogP contribution in [-0.4, -0.2) is 11.5 Å². The van der Waals surface area contributed by atoms with Gasteiger partial charge < -0.3 is 10.7 Å². The van der Waals surface area contributed by atoms with Gasteiger partial charge in [0.05, 0.1) is 0 Å². The van der Waals surface area contributed by atoms with Crippen LogP contribution in [0.3, 0.4) is 0 Å². The van der Waals surface area contributed by atoms with Crippen LogP contribution in [-0.2, 0) is 6.42 Å². The second kappa shape index (κ2) is 3.87. The zero-order valence-electron chi connectivity index (χ0n) is 9.02. The molecule has 1 aromatic heterocycles. The van der Waals surface area contributed by atoms with Crippen LogP contribution < -0.4 is 5.73 Å². The second-order valence-corrected chi connectivity index (χ2v) is 4.35. The van der Waals surface area contributed by atoms with Gasteiger partial charge in [0.15, 0.2) is 0 Å². The van der Waals surface area contributed by atoms with E-state index in [-0.39, 0.29) is 0 Å². The first-order chi connectivity index (χ1) is 7.13. The van der Waals surface area contributed by atoms with E-state index in [1.165, 1.54) is 27.7 Å². The number of nitrogens with one attached hydrogen (secondary N) is 1. The fourth-order valence-electron chi connectivity index (χ4n) is 2.08. The Balaban J connectivity index is 2.74. The molecule has 0 bridgehead atoms. The number of rotatable bonds is 2. The molecule has 0 saturated heterocycles. The molecule has 1 aromatic carbocycles. The zero-order chi connectivity index (χ0) is 11.0. The van der Waals surface area contributed by atoms with Crippen molar-refractivity contribution in [1.29, 1.82) is 0 Å². The number of fused-ring (bicyclic) bond motifs is 1. The number of H-pyrrole nitrogens is 1. The van der Waals surface area contributed by atoms with E-state index in [2.05, 4.69) is 18.8 Å².